The Labute approximate surface area is 91.8 Å². The van der Waals surface area contributed by atoms with Gasteiger partial charge in [-0.2, -0.15) is 11.8 Å². The third kappa shape index (κ3) is 2.65. The Kier molecular flexibility index (Phi) is 4.14. The molecule has 1 N–H and O–H groups in total. The lowest BCUT2D eigenvalue weighted by atomic mass is 10.0. The Bertz CT molecular complexity index is 169. The number of rotatable bonds is 3. The molecule has 2 rings (SSSR count). The van der Waals surface area contributed by atoms with Crippen molar-refractivity contribution in [2.75, 3.05) is 37.7 Å². The fraction of sp³-hybridized carbons (Fsp3) is 1.00. The van der Waals surface area contributed by atoms with Crippen LogP contribution in [-0.4, -0.2) is 48.6 Å². The Morgan fingerprint density at radius 3 is 3.14 bits per heavy atom. The van der Waals surface area contributed by atoms with Gasteiger partial charge in [-0.25, -0.2) is 0 Å². The summed E-state index contributed by atoms with van der Waals surface area (Å²) in [5.41, 5.74) is 0. The van der Waals surface area contributed by atoms with Gasteiger partial charge in [0.25, 0.3) is 0 Å². The first-order valence-corrected chi connectivity index (χ1v) is 7.08. The summed E-state index contributed by atoms with van der Waals surface area (Å²) in [6.45, 7) is 7.33. The number of hydrogen-bond acceptors (Lipinski definition) is 3. The highest BCUT2D eigenvalue weighted by Crippen LogP contribution is 2.25. The maximum absolute atomic E-state index is 3.49. The summed E-state index contributed by atoms with van der Waals surface area (Å²) >= 11 is 2.14. The first-order valence-electron chi connectivity index (χ1n) is 5.92. The maximum atomic E-state index is 3.49. The average Bonchev–Trinajstić information content (AvgIpc) is 2.71. The van der Waals surface area contributed by atoms with Crippen molar-refractivity contribution in [1.82, 2.24) is 10.2 Å². The van der Waals surface area contributed by atoms with Crippen molar-refractivity contribution in [3.63, 3.8) is 0 Å². The van der Waals surface area contributed by atoms with Crippen LogP contribution in [-0.2, 0) is 0 Å². The minimum atomic E-state index is 0.800. The van der Waals surface area contributed by atoms with Crippen LogP contribution in [0.1, 0.15) is 19.8 Å². The first kappa shape index (κ1) is 10.8. The zero-order valence-corrected chi connectivity index (χ0v) is 9.98. The molecule has 82 valence electrons. The monoisotopic (exact) mass is 214 g/mol. The lowest BCUT2D eigenvalue weighted by Crippen LogP contribution is -2.52. The molecule has 0 aromatic heterocycles. The van der Waals surface area contributed by atoms with Gasteiger partial charge in [-0.05, 0) is 30.3 Å². The number of piperazine rings is 1. The highest BCUT2D eigenvalue weighted by Gasteiger charge is 2.25. The molecule has 3 heteroatoms. The number of nitrogens with one attached hydrogen (secondary N) is 1. The Morgan fingerprint density at radius 1 is 1.50 bits per heavy atom. The summed E-state index contributed by atoms with van der Waals surface area (Å²) in [5, 5.41) is 3.49. The second kappa shape index (κ2) is 5.38. The lowest BCUT2D eigenvalue weighted by Gasteiger charge is -2.37. The molecule has 0 amide bonds. The van der Waals surface area contributed by atoms with E-state index in [1.54, 1.807) is 0 Å². The molecule has 0 bridgehead atoms. The molecule has 0 radical (unpaired) electrons. The quantitative estimate of drug-likeness (QED) is 0.765. The SMILES string of the molecule is CCC1CNCCN1CC1CCSC1. The van der Waals surface area contributed by atoms with E-state index in [4.69, 9.17) is 0 Å². The van der Waals surface area contributed by atoms with E-state index < -0.39 is 0 Å². The fourth-order valence-electron chi connectivity index (χ4n) is 2.50. The molecule has 0 aromatic carbocycles. The van der Waals surface area contributed by atoms with E-state index in [-0.39, 0.29) is 0 Å². The largest absolute Gasteiger partial charge is 0.314 e. The van der Waals surface area contributed by atoms with E-state index in [2.05, 4.69) is 28.9 Å². The molecule has 2 nitrogen and oxygen atoms in total. The minimum Gasteiger partial charge on any atom is -0.314 e. The molecular formula is C11H22N2S. The van der Waals surface area contributed by atoms with Crippen LogP contribution >= 0.6 is 11.8 Å². The third-order valence-corrected chi connectivity index (χ3v) is 4.69. The van der Waals surface area contributed by atoms with E-state index in [0.717, 1.165) is 12.0 Å². The Hall–Kier alpha value is 0.270. The number of hydrogen-bond donors (Lipinski definition) is 1. The van der Waals surface area contributed by atoms with Crippen LogP contribution in [0.15, 0.2) is 0 Å². The molecule has 2 fully saturated rings. The van der Waals surface area contributed by atoms with Crippen LogP contribution in [0.5, 0.6) is 0 Å². The molecular weight excluding hydrogens is 192 g/mol. The van der Waals surface area contributed by atoms with E-state index >= 15 is 0 Å². The predicted molar refractivity (Wildman–Crippen MR) is 64.0 cm³/mol. The van der Waals surface area contributed by atoms with Gasteiger partial charge in [-0.15, -0.1) is 0 Å². The molecule has 2 atom stereocenters. The molecule has 0 aliphatic carbocycles. The minimum absolute atomic E-state index is 0.800. The van der Waals surface area contributed by atoms with Crippen LogP contribution in [0, 0.1) is 5.92 Å². The van der Waals surface area contributed by atoms with Crippen molar-refractivity contribution in [3.8, 4) is 0 Å². The second-order valence-corrected chi connectivity index (χ2v) is 5.64. The molecule has 2 aliphatic heterocycles. The van der Waals surface area contributed by atoms with E-state index in [1.807, 2.05) is 0 Å². The van der Waals surface area contributed by atoms with Crippen LogP contribution in [0.4, 0.5) is 0 Å². The molecule has 0 spiro atoms. The smallest absolute Gasteiger partial charge is 0.0218 e. The Balaban J connectivity index is 1.81. The van der Waals surface area contributed by atoms with Gasteiger partial charge >= 0.3 is 0 Å². The van der Waals surface area contributed by atoms with Gasteiger partial charge in [0.15, 0.2) is 0 Å². The van der Waals surface area contributed by atoms with Crippen molar-refractivity contribution in [1.29, 1.82) is 0 Å². The topological polar surface area (TPSA) is 15.3 Å². The van der Waals surface area contributed by atoms with Crippen LogP contribution < -0.4 is 5.32 Å². The second-order valence-electron chi connectivity index (χ2n) is 4.49. The maximum Gasteiger partial charge on any atom is 0.0218 e. The zero-order valence-electron chi connectivity index (χ0n) is 9.17. The Morgan fingerprint density at radius 2 is 2.43 bits per heavy atom. The van der Waals surface area contributed by atoms with Gasteiger partial charge in [0.05, 0.1) is 0 Å². The van der Waals surface area contributed by atoms with Gasteiger partial charge in [-0.3, -0.25) is 4.90 Å². The zero-order chi connectivity index (χ0) is 9.80. The van der Waals surface area contributed by atoms with Gasteiger partial charge in [0.2, 0.25) is 0 Å². The molecule has 0 saturated carbocycles. The average molecular weight is 214 g/mol. The molecule has 2 unspecified atom stereocenters. The van der Waals surface area contributed by atoms with Crippen LogP contribution in [0.2, 0.25) is 0 Å². The number of thioether (sulfide) groups is 1. The van der Waals surface area contributed by atoms with Crippen molar-refractivity contribution < 1.29 is 0 Å². The third-order valence-electron chi connectivity index (χ3n) is 3.46. The van der Waals surface area contributed by atoms with Gasteiger partial charge in [0.1, 0.15) is 0 Å². The van der Waals surface area contributed by atoms with E-state index in [0.29, 0.717) is 0 Å². The van der Waals surface area contributed by atoms with E-state index in [1.165, 1.54) is 50.5 Å². The van der Waals surface area contributed by atoms with Crippen molar-refractivity contribution >= 4 is 11.8 Å². The highest BCUT2D eigenvalue weighted by atomic mass is 32.2. The van der Waals surface area contributed by atoms with Crippen LogP contribution in [0.25, 0.3) is 0 Å². The standard InChI is InChI=1S/C11H22N2S/c1-2-11-7-12-4-5-13(11)8-10-3-6-14-9-10/h10-12H,2-9H2,1H3. The highest BCUT2D eigenvalue weighted by molar-refractivity contribution is 7.99. The molecule has 14 heavy (non-hydrogen) atoms. The summed E-state index contributed by atoms with van der Waals surface area (Å²) in [6.07, 6.45) is 2.75. The summed E-state index contributed by atoms with van der Waals surface area (Å²) < 4.78 is 0. The first-order chi connectivity index (χ1) is 6.90. The van der Waals surface area contributed by atoms with Crippen molar-refractivity contribution in [2.45, 2.75) is 25.8 Å². The fourth-order valence-corrected chi connectivity index (χ4v) is 3.78. The molecule has 2 aliphatic rings. The van der Waals surface area contributed by atoms with Crippen molar-refractivity contribution in [2.24, 2.45) is 5.92 Å². The van der Waals surface area contributed by atoms with Gasteiger partial charge < -0.3 is 5.32 Å². The van der Waals surface area contributed by atoms with E-state index in [9.17, 15) is 0 Å². The van der Waals surface area contributed by atoms with Gasteiger partial charge in [-0.1, -0.05) is 6.92 Å². The summed E-state index contributed by atoms with van der Waals surface area (Å²) in [7, 11) is 0. The summed E-state index contributed by atoms with van der Waals surface area (Å²) in [4.78, 5) is 2.72. The summed E-state index contributed by atoms with van der Waals surface area (Å²) in [6, 6.07) is 0.800. The normalized spacial score (nSPS) is 34.9. The summed E-state index contributed by atoms with van der Waals surface area (Å²) in [5.74, 6) is 3.78. The molecule has 2 heterocycles. The molecule has 0 aromatic rings. The van der Waals surface area contributed by atoms with Crippen LogP contribution in [0.3, 0.4) is 0 Å². The lowest BCUT2D eigenvalue weighted by molar-refractivity contribution is 0.138. The number of nitrogens with zero attached hydrogens (tertiary/aromatic N) is 1. The van der Waals surface area contributed by atoms with Gasteiger partial charge in [0, 0.05) is 32.2 Å². The van der Waals surface area contributed by atoms with Crippen molar-refractivity contribution in [3.05, 3.63) is 0 Å². The predicted octanol–water partition coefficient (Wildman–Crippen LogP) is 1.42. The molecule has 2 saturated heterocycles.